The Morgan fingerprint density at radius 1 is 0.833 bits per heavy atom. The van der Waals surface area contributed by atoms with Crippen molar-refractivity contribution in [1.82, 2.24) is 9.80 Å². The largest absolute Gasteiger partial charge is 1.00 e. The van der Waals surface area contributed by atoms with E-state index in [0.29, 0.717) is 32.6 Å². The standard InChI is InChI=1S/C20H38N4O4.2HI/c1-18(24(3)12-16-28-17-13-24)20(26)22-7-5-21(6-8-22)19(25)4-9-23(2)10-14-27-15-11-23;;/h18H,4-17H2,1-3H3;2*1H/q+2;;/p-2. The Hall–Kier alpha value is 0.240. The Kier molecular flexibility index (Phi) is 11.8. The van der Waals surface area contributed by atoms with Crippen LogP contribution >= 0.6 is 0 Å². The van der Waals surface area contributed by atoms with Gasteiger partial charge in [0.05, 0.1) is 53.5 Å². The van der Waals surface area contributed by atoms with Gasteiger partial charge in [-0.15, -0.1) is 0 Å². The molecule has 0 radical (unpaired) electrons. The number of rotatable bonds is 5. The number of nitrogens with zero attached hydrogens (tertiary/aromatic N) is 4. The monoisotopic (exact) mass is 652 g/mol. The lowest BCUT2D eigenvalue weighted by Gasteiger charge is -2.44. The average molecular weight is 652 g/mol. The van der Waals surface area contributed by atoms with Gasteiger partial charge in [0.25, 0.3) is 5.91 Å². The summed E-state index contributed by atoms with van der Waals surface area (Å²) >= 11 is 0. The zero-order valence-corrected chi connectivity index (χ0v) is 23.0. The SMILES string of the molecule is CC(C(=O)N1CCN(C(=O)CC[N+]2(C)CCOCC2)CC1)[N+]1(C)CCOCC1.[I-].[I-]. The summed E-state index contributed by atoms with van der Waals surface area (Å²) in [5.74, 6) is 0.432. The Labute approximate surface area is 215 Å². The number of carbonyl (C=O) groups is 2. The number of likely N-dealkylation sites (N-methyl/N-ethyl adjacent to an activating group) is 2. The fourth-order valence-electron chi connectivity index (χ4n) is 4.39. The van der Waals surface area contributed by atoms with E-state index in [-0.39, 0.29) is 65.8 Å². The minimum absolute atomic E-state index is 0. The maximum Gasteiger partial charge on any atom is 0.280 e. The molecular formula is C20H38I2N4O4. The molecule has 10 heteroatoms. The predicted molar refractivity (Wildman–Crippen MR) is 106 cm³/mol. The molecular weight excluding hydrogens is 614 g/mol. The molecule has 1 atom stereocenters. The first kappa shape index (κ1) is 28.3. The molecule has 2 amide bonds. The van der Waals surface area contributed by atoms with E-state index in [1.165, 1.54) is 0 Å². The number of hydrogen-bond donors (Lipinski definition) is 0. The van der Waals surface area contributed by atoms with Crippen LogP contribution in [-0.2, 0) is 19.1 Å². The summed E-state index contributed by atoms with van der Waals surface area (Å²) in [6, 6.07) is -0.0584. The Bertz CT molecular complexity index is 561. The molecule has 1 unspecified atom stereocenters. The molecule has 0 aromatic heterocycles. The van der Waals surface area contributed by atoms with Crippen molar-refractivity contribution in [3.05, 3.63) is 0 Å². The van der Waals surface area contributed by atoms with Crippen molar-refractivity contribution in [3.8, 4) is 0 Å². The maximum absolute atomic E-state index is 13.0. The summed E-state index contributed by atoms with van der Waals surface area (Å²) < 4.78 is 12.6. The molecule has 30 heavy (non-hydrogen) atoms. The van der Waals surface area contributed by atoms with Crippen LogP contribution in [-0.4, -0.2) is 136 Å². The summed E-state index contributed by atoms with van der Waals surface area (Å²) in [4.78, 5) is 29.5. The number of piperazine rings is 1. The second-order valence-electron chi connectivity index (χ2n) is 9.07. The van der Waals surface area contributed by atoms with E-state index < -0.39 is 0 Å². The first-order chi connectivity index (χ1) is 13.3. The molecule has 8 nitrogen and oxygen atoms in total. The summed E-state index contributed by atoms with van der Waals surface area (Å²) in [6.07, 6.45) is 0.579. The van der Waals surface area contributed by atoms with E-state index >= 15 is 0 Å². The van der Waals surface area contributed by atoms with Crippen LogP contribution in [0, 0.1) is 0 Å². The zero-order valence-electron chi connectivity index (χ0n) is 18.7. The molecule has 3 rings (SSSR count). The van der Waals surface area contributed by atoms with Gasteiger partial charge in [0.1, 0.15) is 26.2 Å². The van der Waals surface area contributed by atoms with Crippen molar-refractivity contribution in [3.63, 3.8) is 0 Å². The van der Waals surface area contributed by atoms with E-state index in [0.717, 1.165) is 68.1 Å². The van der Waals surface area contributed by atoms with Gasteiger partial charge in [0.2, 0.25) is 5.91 Å². The molecule has 3 aliphatic rings. The van der Waals surface area contributed by atoms with Crippen molar-refractivity contribution in [1.29, 1.82) is 0 Å². The highest BCUT2D eigenvalue weighted by atomic mass is 127. The van der Waals surface area contributed by atoms with E-state index in [1.807, 2.05) is 16.7 Å². The third-order valence-corrected chi connectivity index (χ3v) is 7.15. The highest BCUT2D eigenvalue weighted by molar-refractivity contribution is 5.81. The summed E-state index contributed by atoms with van der Waals surface area (Å²) in [6.45, 7) is 12.2. The normalized spacial score (nSPS) is 24.2. The molecule has 0 aromatic rings. The topological polar surface area (TPSA) is 59.1 Å². The first-order valence-corrected chi connectivity index (χ1v) is 10.7. The second-order valence-corrected chi connectivity index (χ2v) is 9.07. The van der Waals surface area contributed by atoms with Gasteiger partial charge in [-0.1, -0.05) is 0 Å². The molecule has 0 spiro atoms. The summed E-state index contributed by atoms with van der Waals surface area (Å²) in [5.41, 5.74) is 0. The number of morpholine rings is 2. The molecule has 176 valence electrons. The van der Waals surface area contributed by atoms with Crippen LogP contribution < -0.4 is 48.0 Å². The molecule has 3 aliphatic heterocycles. The van der Waals surface area contributed by atoms with Gasteiger partial charge in [0.15, 0.2) is 6.04 Å². The van der Waals surface area contributed by atoms with Crippen molar-refractivity contribution in [2.75, 3.05) is 99.4 Å². The number of carbonyl (C=O) groups excluding carboxylic acids is 2. The van der Waals surface area contributed by atoms with Crippen LogP contribution in [0.25, 0.3) is 0 Å². The van der Waals surface area contributed by atoms with Gasteiger partial charge in [-0.3, -0.25) is 9.59 Å². The van der Waals surface area contributed by atoms with Crippen molar-refractivity contribution in [2.24, 2.45) is 0 Å². The van der Waals surface area contributed by atoms with E-state index in [4.69, 9.17) is 9.47 Å². The first-order valence-electron chi connectivity index (χ1n) is 10.7. The quantitative estimate of drug-likeness (QED) is 0.219. The molecule has 0 bridgehead atoms. The van der Waals surface area contributed by atoms with Gasteiger partial charge in [0, 0.05) is 26.2 Å². The maximum atomic E-state index is 13.0. The van der Waals surface area contributed by atoms with Crippen LogP contribution in [0.1, 0.15) is 13.3 Å². The van der Waals surface area contributed by atoms with Crippen LogP contribution in [0.2, 0.25) is 0 Å². The molecule has 0 aliphatic carbocycles. The third-order valence-electron chi connectivity index (χ3n) is 7.15. The molecule has 0 aromatic carbocycles. The molecule has 3 saturated heterocycles. The lowest BCUT2D eigenvalue weighted by molar-refractivity contribution is -0.930. The Morgan fingerprint density at radius 3 is 1.83 bits per heavy atom. The fraction of sp³-hybridized carbons (Fsp3) is 0.900. The number of halogens is 2. The van der Waals surface area contributed by atoms with Gasteiger partial charge in [-0.2, -0.15) is 0 Å². The van der Waals surface area contributed by atoms with Crippen molar-refractivity contribution < 1.29 is 76.0 Å². The minimum atomic E-state index is -0.0584. The van der Waals surface area contributed by atoms with E-state index in [1.54, 1.807) is 0 Å². The smallest absolute Gasteiger partial charge is 0.280 e. The number of ether oxygens (including phenoxy) is 2. The highest BCUT2D eigenvalue weighted by Gasteiger charge is 2.39. The molecule has 0 saturated carbocycles. The van der Waals surface area contributed by atoms with Crippen molar-refractivity contribution >= 4 is 11.8 Å². The van der Waals surface area contributed by atoms with Gasteiger partial charge in [-0.05, 0) is 6.92 Å². The summed E-state index contributed by atoms with van der Waals surface area (Å²) in [7, 11) is 4.36. The van der Waals surface area contributed by atoms with Crippen molar-refractivity contribution in [2.45, 2.75) is 19.4 Å². The highest BCUT2D eigenvalue weighted by Crippen LogP contribution is 2.17. The predicted octanol–water partition coefficient (Wildman–Crippen LogP) is -6.60. The number of quaternary nitrogens is 2. The van der Waals surface area contributed by atoms with Crippen LogP contribution in [0.5, 0.6) is 0 Å². The number of hydrogen-bond acceptors (Lipinski definition) is 4. The second kappa shape index (κ2) is 12.5. The van der Waals surface area contributed by atoms with E-state index in [9.17, 15) is 9.59 Å². The van der Waals surface area contributed by atoms with E-state index in [2.05, 4.69) is 14.1 Å². The minimum Gasteiger partial charge on any atom is -1.00 e. The Morgan fingerprint density at radius 2 is 1.30 bits per heavy atom. The summed E-state index contributed by atoms with van der Waals surface area (Å²) in [5, 5.41) is 0. The number of amides is 2. The molecule has 3 heterocycles. The Balaban J connectivity index is 0.00000225. The average Bonchev–Trinajstić information content (AvgIpc) is 2.72. The molecule has 0 N–H and O–H groups in total. The zero-order chi connectivity index (χ0) is 20.2. The lowest BCUT2D eigenvalue weighted by Crippen LogP contribution is -3.00. The third kappa shape index (κ3) is 7.12. The molecule has 3 fully saturated rings. The lowest BCUT2D eigenvalue weighted by atomic mass is 10.1. The van der Waals surface area contributed by atoms with Crippen LogP contribution in [0.15, 0.2) is 0 Å². The van der Waals surface area contributed by atoms with Crippen LogP contribution in [0.3, 0.4) is 0 Å². The van der Waals surface area contributed by atoms with Gasteiger partial charge >= 0.3 is 0 Å². The van der Waals surface area contributed by atoms with Gasteiger partial charge in [-0.25, -0.2) is 0 Å². The van der Waals surface area contributed by atoms with Crippen LogP contribution in [0.4, 0.5) is 0 Å². The fourth-order valence-corrected chi connectivity index (χ4v) is 4.39. The van der Waals surface area contributed by atoms with Gasteiger partial charge < -0.3 is 76.2 Å².